The van der Waals surface area contributed by atoms with E-state index in [0.717, 1.165) is 24.6 Å². The highest BCUT2D eigenvalue weighted by Crippen LogP contribution is 2.41. The number of fused-ring (bicyclic) bond motifs is 1. The molecule has 2 aromatic heterocycles. The van der Waals surface area contributed by atoms with Gasteiger partial charge in [-0.25, -0.2) is 14.2 Å². The molecule has 168 valence electrons. The van der Waals surface area contributed by atoms with E-state index in [0.29, 0.717) is 40.9 Å². The van der Waals surface area contributed by atoms with E-state index >= 15 is 4.39 Å². The number of primary amides is 1. The number of amides is 2. The van der Waals surface area contributed by atoms with Crippen molar-refractivity contribution in [2.75, 3.05) is 12.4 Å². The fraction of sp³-hybridized carbons (Fsp3) is 0.348. The number of pyridine rings is 2. The van der Waals surface area contributed by atoms with Crippen LogP contribution in [-0.4, -0.2) is 22.6 Å². The number of hydrogen-bond acceptors (Lipinski definition) is 4. The lowest BCUT2D eigenvalue weighted by molar-refractivity contribution is 0.207. The van der Waals surface area contributed by atoms with Crippen LogP contribution in [0.5, 0.6) is 0 Å². The van der Waals surface area contributed by atoms with Crippen LogP contribution < -0.4 is 21.9 Å². The van der Waals surface area contributed by atoms with Gasteiger partial charge >= 0.3 is 6.03 Å². The van der Waals surface area contributed by atoms with Crippen LogP contribution in [0.3, 0.4) is 0 Å². The van der Waals surface area contributed by atoms with Gasteiger partial charge in [0.25, 0.3) is 5.56 Å². The summed E-state index contributed by atoms with van der Waals surface area (Å²) in [6, 6.07) is 5.57. The summed E-state index contributed by atoms with van der Waals surface area (Å²) in [7, 11) is 3.42. The fourth-order valence-electron chi connectivity index (χ4n) is 4.67. The molecular formula is C23H25ClFN5O2. The van der Waals surface area contributed by atoms with Gasteiger partial charge < -0.3 is 20.9 Å². The van der Waals surface area contributed by atoms with Crippen molar-refractivity contribution in [1.82, 2.24) is 14.9 Å². The summed E-state index contributed by atoms with van der Waals surface area (Å²) in [6.07, 6.45) is 5.43. The lowest BCUT2D eigenvalue weighted by atomic mass is 9.75. The van der Waals surface area contributed by atoms with Crippen LogP contribution in [0, 0.1) is 5.82 Å². The van der Waals surface area contributed by atoms with Crippen LogP contribution in [0.15, 0.2) is 35.3 Å². The summed E-state index contributed by atoms with van der Waals surface area (Å²) < 4.78 is 16.7. The number of aryl methyl sites for hydroxylation is 1. The first-order valence-corrected chi connectivity index (χ1v) is 10.9. The standard InChI is InChI=1S/C23H25ClFN5O2/c1-27-20-11-19-13(12-28-20)8-15(21(31)30(19)2)14-9-16(18(25)10-17(14)24)23(29-22(26)32)6-4-3-5-7-23/h8-12H,3-7H2,1-2H3,(H,27,28)(H3,26,29,32). The van der Waals surface area contributed by atoms with Crippen LogP contribution in [-0.2, 0) is 12.6 Å². The van der Waals surface area contributed by atoms with Gasteiger partial charge in [0.1, 0.15) is 11.6 Å². The van der Waals surface area contributed by atoms with Crippen molar-refractivity contribution in [3.8, 4) is 11.1 Å². The van der Waals surface area contributed by atoms with Crippen molar-refractivity contribution in [1.29, 1.82) is 0 Å². The lowest BCUT2D eigenvalue weighted by Crippen LogP contribution is -2.49. The molecule has 0 atom stereocenters. The Labute approximate surface area is 189 Å². The number of carbonyl (C=O) groups is 1. The zero-order valence-electron chi connectivity index (χ0n) is 18.0. The molecule has 0 bridgehead atoms. The van der Waals surface area contributed by atoms with Gasteiger partial charge in [0.15, 0.2) is 0 Å². The van der Waals surface area contributed by atoms with E-state index in [9.17, 15) is 9.59 Å². The molecule has 4 rings (SSSR count). The summed E-state index contributed by atoms with van der Waals surface area (Å²) in [5, 5.41) is 6.59. The monoisotopic (exact) mass is 457 g/mol. The van der Waals surface area contributed by atoms with Crippen molar-refractivity contribution in [3.63, 3.8) is 0 Å². The second kappa shape index (κ2) is 8.43. The van der Waals surface area contributed by atoms with Crippen molar-refractivity contribution in [3.05, 3.63) is 57.2 Å². The van der Waals surface area contributed by atoms with E-state index in [1.54, 1.807) is 38.5 Å². The van der Waals surface area contributed by atoms with Crippen LogP contribution in [0.2, 0.25) is 5.02 Å². The smallest absolute Gasteiger partial charge is 0.312 e. The summed E-state index contributed by atoms with van der Waals surface area (Å²) in [4.78, 5) is 29.3. The highest BCUT2D eigenvalue weighted by atomic mass is 35.5. The summed E-state index contributed by atoms with van der Waals surface area (Å²) in [5.41, 5.74) is 5.97. The van der Waals surface area contributed by atoms with Gasteiger partial charge in [0.05, 0.1) is 16.1 Å². The predicted octanol–water partition coefficient (Wildman–Crippen LogP) is 4.26. The molecule has 1 saturated carbocycles. The molecule has 32 heavy (non-hydrogen) atoms. The van der Waals surface area contributed by atoms with Crippen molar-refractivity contribution in [2.45, 2.75) is 37.6 Å². The zero-order chi connectivity index (χ0) is 23.0. The van der Waals surface area contributed by atoms with Crippen molar-refractivity contribution >= 4 is 34.4 Å². The Morgan fingerprint density at radius 1 is 1.19 bits per heavy atom. The molecule has 0 radical (unpaired) electrons. The van der Waals surface area contributed by atoms with E-state index in [-0.39, 0.29) is 10.6 Å². The van der Waals surface area contributed by atoms with E-state index in [4.69, 9.17) is 17.3 Å². The molecule has 7 nitrogen and oxygen atoms in total. The molecule has 9 heteroatoms. The molecule has 0 unspecified atom stereocenters. The molecule has 2 heterocycles. The predicted molar refractivity (Wildman–Crippen MR) is 124 cm³/mol. The molecule has 0 saturated heterocycles. The average Bonchev–Trinajstić information content (AvgIpc) is 2.76. The number of hydrogen-bond donors (Lipinski definition) is 3. The highest BCUT2D eigenvalue weighted by molar-refractivity contribution is 6.33. The second-order valence-electron chi connectivity index (χ2n) is 8.24. The number of aromatic nitrogens is 2. The van der Waals surface area contributed by atoms with Crippen LogP contribution in [0.25, 0.3) is 22.0 Å². The number of rotatable bonds is 4. The van der Waals surface area contributed by atoms with Gasteiger partial charge in [-0.15, -0.1) is 0 Å². The van der Waals surface area contributed by atoms with Gasteiger partial charge in [0, 0.05) is 48.4 Å². The zero-order valence-corrected chi connectivity index (χ0v) is 18.7. The third kappa shape index (κ3) is 3.79. The Morgan fingerprint density at radius 2 is 1.91 bits per heavy atom. The molecule has 1 fully saturated rings. The molecule has 4 N–H and O–H groups in total. The largest absolute Gasteiger partial charge is 0.373 e. The first kappa shape index (κ1) is 22.1. The number of benzene rings is 1. The summed E-state index contributed by atoms with van der Waals surface area (Å²) in [5.74, 6) is 0.103. The number of anilines is 1. The summed E-state index contributed by atoms with van der Waals surface area (Å²) >= 11 is 6.42. The normalized spacial score (nSPS) is 15.5. The number of nitrogens with zero attached hydrogens (tertiary/aromatic N) is 2. The third-order valence-electron chi connectivity index (χ3n) is 6.30. The first-order valence-electron chi connectivity index (χ1n) is 10.5. The molecule has 1 aromatic carbocycles. The van der Waals surface area contributed by atoms with E-state index in [2.05, 4.69) is 15.6 Å². The highest BCUT2D eigenvalue weighted by Gasteiger charge is 2.38. The number of carbonyl (C=O) groups excluding carboxylic acids is 1. The van der Waals surface area contributed by atoms with Gasteiger partial charge in [-0.2, -0.15) is 0 Å². The number of nitrogens with two attached hydrogens (primary N) is 1. The van der Waals surface area contributed by atoms with Crippen LogP contribution in [0.1, 0.15) is 37.7 Å². The van der Waals surface area contributed by atoms with Crippen molar-refractivity contribution < 1.29 is 9.18 Å². The molecule has 1 aliphatic rings. The van der Waals surface area contributed by atoms with Gasteiger partial charge in [-0.3, -0.25) is 4.79 Å². The Kier molecular flexibility index (Phi) is 5.81. The molecule has 0 aliphatic heterocycles. The van der Waals surface area contributed by atoms with E-state index in [1.807, 2.05) is 0 Å². The fourth-order valence-corrected chi connectivity index (χ4v) is 4.92. The second-order valence-corrected chi connectivity index (χ2v) is 8.65. The topological polar surface area (TPSA) is 102 Å². The van der Waals surface area contributed by atoms with Crippen molar-refractivity contribution in [2.24, 2.45) is 12.8 Å². The van der Waals surface area contributed by atoms with Crippen LogP contribution >= 0.6 is 11.6 Å². The maximum atomic E-state index is 15.2. The minimum Gasteiger partial charge on any atom is -0.373 e. The Bertz CT molecular complexity index is 1270. The lowest BCUT2D eigenvalue weighted by Gasteiger charge is -2.38. The van der Waals surface area contributed by atoms with Gasteiger partial charge in [-0.1, -0.05) is 30.9 Å². The maximum Gasteiger partial charge on any atom is 0.312 e. The summed E-state index contributed by atoms with van der Waals surface area (Å²) in [6.45, 7) is 0. The molecule has 2 amide bonds. The molecule has 1 aliphatic carbocycles. The minimum absolute atomic E-state index is 0.118. The number of halogens is 2. The van der Waals surface area contributed by atoms with E-state index in [1.165, 1.54) is 10.6 Å². The Hall–Kier alpha value is -3.13. The average molecular weight is 458 g/mol. The Morgan fingerprint density at radius 3 is 2.56 bits per heavy atom. The number of urea groups is 1. The molecule has 0 spiro atoms. The minimum atomic E-state index is -0.932. The third-order valence-corrected chi connectivity index (χ3v) is 6.61. The van der Waals surface area contributed by atoms with Crippen LogP contribution in [0.4, 0.5) is 15.0 Å². The van der Waals surface area contributed by atoms with E-state index < -0.39 is 17.4 Å². The Balaban J connectivity index is 1.94. The first-order chi connectivity index (χ1) is 15.3. The quantitative estimate of drug-likeness (QED) is 0.544. The SMILES string of the molecule is CNc1cc2c(cn1)cc(-c1cc(C3(NC(N)=O)CCCCC3)c(F)cc1Cl)c(=O)n2C. The van der Waals surface area contributed by atoms with Gasteiger partial charge in [-0.05, 0) is 31.0 Å². The molecular weight excluding hydrogens is 433 g/mol. The van der Waals surface area contributed by atoms with Gasteiger partial charge in [0.2, 0.25) is 0 Å². The number of nitrogens with one attached hydrogen (secondary N) is 2. The molecule has 3 aromatic rings. The maximum absolute atomic E-state index is 15.2.